The van der Waals surface area contributed by atoms with Crippen LogP contribution in [0.25, 0.3) is 11.0 Å². The molecule has 0 saturated carbocycles. The van der Waals surface area contributed by atoms with Gasteiger partial charge in [0.05, 0.1) is 17.6 Å². The molecule has 1 saturated heterocycles. The molecule has 0 unspecified atom stereocenters. The monoisotopic (exact) mass is 353 g/mol. The number of rotatable bonds is 3. The van der Waals surface area contributed by atoms with Crippen molar-refractivity contribution in [2.75, 3.05) is 18.4 Å². The van der Waals surface area contributed by atoms with E-state index in [1.807, 2.05) is 6.07 Å². The molecule has 0 bridgehead atoms. The van der Waals surface area contributed by atoms with Gasteiger partial charge in [0.25, 0.3) is 5.91 Å². The highest BCUT2D eigenvalue weighted by atomic mass is 32.1. The van der Waals surface area contributed by atoms with E-state index in [2.05, 4.69) is 19.0 Å². The molecule has 1 aliphatic heterocycles. The van der Waals surface area contributed by atoms with E-state index >= 15 is 0 Å². The highest BCUT2D eigenvalue weighted by molar-refractivity contribution is 7.00. The second kappa shape index (κ2) is 6.56. The van der Waals surface area contributed by atoms with Crippen LogP contribution in [0.5, 0.6) is 0 Å². The zero-order valence-electron chi connectivity index (χ0n) is 13.3. The predicted molar refractivity (Wildman–Crippen MR) is 94.3 cm³/mol. The number of hydrogen-bond acceptors (Lipinski definition) is 6. The van der Waals surface area contributed by atoms with E-state index in [1.54, 1.807) is 41.4 Å². The molecule has 1 N–H and O–H groups in total. The molecular formula is C17H15N5O2S. The van der Waals surface area contributed by atoms with Gasteiger partial charge in [0.2, 0.25) is 5.91 Å². The molecular weight excluding hydrogens is 338 g/mol. The fourth-order valence-corrected chi connectivity index (χ4v) is 3.44. The Bertz CT molecular complexity index is 927. The summed E-state index contributed by atoms with van der Waals surface area (Å²) in [5.74, 6) is 0.116. The zero-order valence-corrected chi connectivity index (χ0v) is 14.1. The van der Waals surface area contributed by atoms with Crippen molar-refractivity contribution in [1.29, 1.82) is 0 Å². The van der Waals surface area contributed by atoms with Crippen LogP contribution in [0.1, 0.15) is 16.8 Å². The summed E-state index contributed by atoms with van der Waals surface area (Å²) in [6.45, 7) is 0.970. The van der Waals surface area contributed by atoms with Crippen molar-refractivity contribution in [2.24, 2.45) is 5.92 Å². The second-order valence-corrected chi connectivity index (χ2v) is 6.44. The molecule has 3 heterocycles. The van der Waals surface area contributed by atoms with Gasteiger partial charge in [0.15, 0.2) is 0 Å². The number of anilines is 1. The van der Waals surface area contributed by atoms with Gasteiger partial charge in [-0.3, -0.25) is 9.59 Å². The molecule has 7 nitrogen and oxygen atoms in total. The molecule has 2 amide bonds. The maximum Gasteiger partial charge on any atom is 0.253 e. The molecule has 3 aromatic rings. The summed E-state index contributed by atoms with van der Waals surface area (Å²) >= 11 is 1.13. The number of nitrogens with zero attached hydrogens (tertiary/aromatic N) is 4. The minimum atomic E-state index is -0.226. The van der Waals surface area contributed by atoms with Crippen molar-refractivity contribution in [3.63, 3.8) is 0 Å². The third-order valence-electron chi connectivity index (χ3n) is 4.26. The van der Waals surface area contributed by atoms with E-state index in [4.69, 9.17) is 0 Å². The van der Waals surface area contributed by atoms with Crippen LogP contribution in [0.4, 0.5) is 5.82 Å². The predicted octanol–water partition coefficient (Wildman–Crippen LogP) is 2.19. The SMILES string of the molecule is O=C(Nc1ccccn1)[C@@H]1CCN(C(=O)c2ccc3nsnc3c2)C1. The Morgan fingerprint density at radius 3 is 2.88 bits per heavy atom. The van der Waals surface area contributed by atoms with Crippen LogP contribution in [-0.4, -0.2) is 43.5 Å². The average molecular weight is 353 g/mol. The smallest absolute Gasteiger partial charge is 0.253 e. The number of likely N-dealkylation sites (tertiary alicyclic amines) is 1. The maximum atomic E-state index is 12.7. The van der Waals surface area contributed by atoms with Crippen molar-refractivity contribution in [3.05, 3.63) is 48.2 Å². The Kier molecular flexibility index (Phi) is 4.10. The van der Waals surface area contributed by atoms with Crippen LogP contribution in [0.3, 0.4) is 0 Å². The first-order valence-corrected chi connectivity index (χ1v) is 8.67. The van der Waals surface area contributed by atoms with E-state index in [-0.39, 0.29) is 17.7 Å². The number of carbonyl (C=O) groups is 2. The summed E-state index contributed by atoms with van der Waals surface area (Å²) in [6, 6.07) is 10.7. The molecule has 0 aliphatic carbocycles. The zero-order chi connectivity index (χ0) is 17.2. The quantitative estimate of drug-likeness (QED) is 0.780. The molecule has 2 aromatic heterocycles. The molecule has 1 fully saturated rings. The van der Waals surface area contributed by atoms with Crippen molar-refractivity contribution in [1.82, 2.24) is 18.6 Å². The van der Waals surface area contributed by atoms with E-state index in [1.165, 1.54) is 0 Å². The summed E-state index contributed by atoms with van der Waals surface area (Å²) in [4.78, 5) is 30.8. The molecule has 0 radical (unpaired) electrons. The molecule has 8 heteroatoms. The largest absolute Gasteiger partial charge is 0.338 e. The van der Waals surface area contributed by atoms with E-state index in [9.17, 15) is 9.59 Å². The molecule has 1 atom stereocenters. The Morgan fingerprint density at radius 2 is 2.04 bits per heavy atom. The fourth-order valence-electron chi connectivity index (χ4n) is 2.92. The Hall–Kier alpha value is -2.87. The van der Waals surface area contributed by atoms with Crippen molar-refractivity contribution >= 4 is 40.4 Å². The van der Waals surface area contributed by atoms with E-state index in [0.29, 0.717) is 30.9 Å². The number of pyridine rings is 1. The molecule has 0 spiro atoms. The first-order valence-electron chi connectivity index (χ1n) is 7.94. The normalized spacial score (nSPS) is 17.0. The van der Waals surface area contributed by atoms with Crippen molar-refractivity contribution in [3.8, 4) is 0 Å². The summed E-state index contributed by atoms with van der Waals surface area (Å²) in [5, 5.41) is 2.80. The van der Waals surface area contributed by atoms with Crippen LogP contribution in [-0.2, 0) is 4.79 Å². The standard InChI is InChI=1S/C17H15N5O2S/c23-16(19-15-3-1-2-7-18-15)12-6-8-22(10-12)17(24)11-4-5-13-14(9-11)21-25-20-13/h1-5,7,9,12H,6,8,10H2,(H,18,19,23)/t12-/m1/s1. The highest BCUT2D eigenvalue weighted by Crippen LogP contribution is 2.22. The third kappa shape index (κ3) is 3.20. The molecule has 126 valence electrons. The van der Waals surface area contributed by atoms with Crippen molar-refractivity contribution < 1.29 is 9.59 Å². The van der Waals surface area contributed by atoms with Gasteiger partial charge in [-0.05, 0) is 36.8 Å². The summed E-state index contributed by atoms with van der Waals surface area (Å²) < 4.78 is 8.31. The van der Waals surface area contributed by atoms with Gasteiger partial charge in [0, 0.05) is 24.8 Å². The van der Waals surface area contributed by atoms with Gasteiger partial charge in [-0.1, -0.05) is 6.07 Å². The van der Waals surface area contributed by atoms with Crippen LogP contribution < -0.4 is 5.32 Å². The van der Waals surface area contributed by atoms with Gasteiger partial charge in [0.1, 0.15) is 16.9 Å². The summed E-state index contributed by atoms with van der Waals surface area (Å²) in [6.07, 6.45) is 2.27. The maximum absolute atomic E-state index is 12.7. The second-order valence-electron chi connectivity index (χ2n) is 5.91. The first kappa shape index (κ1) is 15.6. The van der Waals surface area contributed by atoms with Crippen LogP contribution in [0.15, 0.2) is 42.6 Å². The number of fused-ring (bicyclic) bond motifs is 1. The minimum absolute atomic E-state index is 0.0805. The van der Waals surface area contributed by atoms with Gasteiger partial charge < -0.3 is 10.2 Å². The average Bonchev–Trinajstić information content (AvgIpc) is 3.30. The lowest BCUT2D eigenvalue weighted by Gasteiger charge is -2.16. The van der Waals surface area contributed by atoms with Gasteiger partial charge in [-0.15, -0.1) is 0 Å². The molecule has 4 rings (SSSR count). The molecule has 25 heavy (non-hydrogen) atoms. The topological polar surface area (TPSA) is 88.1 Å². The Balaban J connectivity index is 1.42. The first-order chi connectivity index (χ1) is 12.2. The van der Waals surface area contributed by atoms with E-state index in [0.717, 1.165) is 22.8 Å². The van der Waals surface area contributed by atoms with Crippen LogP contribution in [0.2, 0.25) is 0 Å². The molecule has 1 aromatic carbocycles. The summed E-state index contributed by atoms with van der Waals surface area (Å²) in [7, 11) is 0. The lowest BCUT2D eigenvalue weighted by molar-refractivity contribution is -0.119. The van der Waals surface area contributed by atoms with Crippen LogP contribution >= 0.6 is 11.7 Å². The van der Waals surface area contributed by atoms with Gasteiger partial charge >= 0.3 is 0 Å². The summed E-state index contributed by atoms with van der Waals surface area (Å²) in [5.41, 5.74) is 2.08. The number of hydrogen-bond donors (Lipinski definition) is 1. The fraction of sp³-hybridized carbons (Fsp3) is 0.235. The third-order valence-corrected chi connectivity index (χ3v) is 4.82. The number of benzene rings is 1. The van der Waals surface area contributed by atoms with Gasteiger partial charge in [-0.2, -0.15) is 8.75 Å². The highest BCUT2D eigenvalue weighted by Gasteiger charge is 2.31. The molecule has 1 aliphatic rings. The lowest BCUT2D eigenvalue weighted by atomic mass is 10.1. The number of nitrogens with one attached hydrogen (secondary N) is 1. The number of aromatic nitrogens is 3. The minimum Gasteiger partial charge on any atom is -0.338 e. The Morgan fingerprint density at radius 1 is 1.16 bits per heavy atom. The van der Waals surface area contributed by atoms with Crippen LogP contribution in [0, 0.1) is 5.92 Å². The number of carbonyl (C=O) groups excluding carboxylic acids is 2. The lowest BCUT2D eigenvalue weighted by Crippen LogP contribution is -2.31. The van der Waals surface area contributed by atoms with Crippen molar-refractivity contribution in [2.45, 2.75) is 6.42 Å². The van der Waals surface area contributed by atoms with E-state index < -0.39 is 0 Å². The Labute approximate surface area is 148 Å². The van der Waals surface area contributed by atoms with Gasteiger partial charge in [-0.25, -0.2) is 4.98 Å². The number of amides is 2.